The first kappa shape index (κ1) is 33.5. The number of rotatable bonds is 12. The average molecular weight is 646 g/mol. The normalized spacial score (nSPS) is 28.5. The fraction of sp³-hybridized carbons (Fsp3) is 0.583. The Hall–Kier alpha value is -3.41. The van der Waals surface area contributed by atoms with Crippen molar-refractivity contribution in [2.45, 2.75) is 95.6 Å². The van der Waals surface area contributed by atoms with E-state index >= 15 is 0 Å². The lowest BCUT2D eigenvalue weighted by Gasteiger charge is -2.64. The van der Waals surface area contributed by atoms with E-state index in [1.54, 1.807) is 12.0 Å². The molecule has 252 valence electrons. The van der Waals surface area contributed by atoms with E-state index in [0.717, 1.165) is 24.0 Å². The van der Waals surface area contributed by atoms with Crippen molar-refractivity contribution < 1.29 is 33.2 Å². The van der Waals surface area contributed by atoms with Crippen LogP contribution < -0.4 is 10.6 Å². The smallest absolute Gasteiger partial charge is 0.445 e. The lowest BCUT2D eigenvalue weighted by molar-refractivity contribution is -0.199. The number of benzene rings is 2. The molecule has 7 rings (SSSR count). The minimum Gasteiger partial charge on any atom is -0.445 e. The van der Waals surface area contributed by atoms with E-state index in [-0.39, 0.29) is 36.4 Å². The van der Waals surface area contributed by atoms with Gasteiger partial charge in [0.15, 0.2) is 0 Å². The van der Waals surface area contributed by atoms with Gasteiger partial charge in [-0.05, 0) is 67.4 Å². The van der Waals surface area contributed by atoms with Crippen LogP contribution in [0.15, 0.2) is 60.7 Å². The third-order valence-electron chi connectivity index (χ3n) is 11.2. The van der Waals surface area contributed by atoms with Crippen LogP contribution in [-0.2, 0) is 41.4 Å². The first-order valence-electron chi connectivity index (χ1n) is 17.0. The number of alkyl carbamates (subject to hydrolysis) is 1. The number of carbonyl (C=O) groups is 3. The second-order valence-electron chi connectivity index (χ2n) is 14.4. The molecule has 47 heavy (non-hydrogen) atoms. The van der Waals surface area contributed by atoms with E-state index in [1.165, 1.54) is 0 Å². The van der Waals surface area contributed by atoms with Gasteiger partial charge in [0, 0.05) is 26.7 Å². The Bertz CT molecular complexity index is 1410. The summed E-state index contributed by atoms with van der Waals surface area (Å²) in [7, 11) is 1.03. The molecule has 10 nitrogen and oxygen atoms in total. The SMILES string of the molecule is COCCC(NC(=O)[C@@H]1CCCN1C(=O)[C@@H](Cc1ccccc1)NC(=O)OCc1ccccc1)B1O[C@H]2C[C@@H]3C[C@@H](C3(C)C)[C@]2(C)O1. The maximum Gasteiger partial charge on any atom is 0.481 e. The number of likely N-dealkylation sites (tertiary alicyclic amines) is 1. The summed E-state index contributed by atoms with van der Waals surface area (Å²) in [6.45, 7) is 7.73. The van der Waals surface area contributed by atoms with Crippen LogP contribution in [0.3, 0.4) is 0 Å². The Balaban J connectivity index is 1.13. The molecule has 1 unspecified atom stereocenters. The van der Waals surface area contributed by atoms with Gasteiger partial charge in [0.25, 0.3) is 0 Å². The number of nitrogens with one attached hydrogen (secondary N) is 2. The predicted octanol–water partition coefficient (Wildman–Crippen LogP) is 4.30. The van der Waals surface area contributed by atoms with Gasteiger partial charge in [-0.25, -0.2) is 4.79 Å². The lowest BCUT2D eigenvalue weighted by atomic mass is 9.43. The van der Waals surface area contributed by atoms with Crippen LogP contribution in [-0.4, -0.2) is 79.9 Å². The van der Waals surface area contributed by atoms with Gasteiger partial charge < -0.3 is 34.3 Å². The third kappa shape index (κ3) is 6.94. The van der Waals surface area contributed by atoms with Gasteiger partial charge in [0.1, 0.15) is 18.7 Å². The van der Waals surface area contributed by atoms with Gasteiger partial charge in [-0.3, -0.25) is 9.59 Å². The fourth-order valence-corrected chi connectivity index (χ4v) is 8.33. The minimum absolute atomic E-state index is 0.0118. The maximum absolute atomic E-state index is 14.1. The van der Waals surface area contributed by atoms with E-state index in [0.29, 0.717) is 44.2 Å². The molecule has 2 bridgehead atoms. The molecule has 11 heteroatoms. The number of ether oxygens (including phenoxy) is 2. The fourth-order valence-electron chi connectivity index (χ4n) is 8.33. The van der Waals surface area contributed by atoms with Crippen LogP contribution in [0.1, 0.15) is 64.0 Å². The molecule has 0 spiro atoms. The summed E-state index contributed by atoms with van der Waals surface area (Å²) >= 11 is 0. The van der Waals surface area contributed by atoms with Crippen molar-refractivity contribution in [2.24, 2.45) is 17.3 Å². The van der Waals surface area contributed by atoms with Crippen molar-refractivity contribution in [3.63, 3.8) is 0 Å². The monoisotopic (exact) mass is 645 g/mol. The topological polar surface area (TPSA) is 115 Å². The maximum atomic E-state index is 14.1. The quantitative estimate of drug-likeness (QED) is 0.331. The van der Waals surface area contributed by atoms with Crippen LogP contribution in [0.2, 0.25) is 0 Å². The zero-order valence-electron chi connectivity index (χ0n) is 28.0. The van der Waals surface area contributed by atoms with Crippen LogP contribution in [0.5, 0.6) is 0 Å². The molecular formula is C36H48BN3O7. The zero-order valence-corrected chi connectivity index (χ0v) is 28.0. The standard InChI is InChI=1S/C36H48BN3O7/c1-35(2)26-21-29(35)36(3)30(22-26)46-37(47-36)31(17-19-44-4)39-32(41)28-16-11-18-40(28)33(42)27(20-24-12-7-5-8-13-24)38-34(43)45-23-25-14-9-6-10-15-25/h5-10,12-15,26-31H,11,16-23H2,1-4H3,(H,38,43)(H,39,41)/t26-,27+,28-,29-,30-,31?,36-/m0/s1. The number of hydrogen-bond donors (Lipinski definition) is 2. The highest BCUT2D eigenvalue weighted by Crippen LogP contribution is 2.65. The van der Waals surface area contributed by atoms with Gasteiger partial charge in [-0.15, -0.1) is 0 Å². The zero-order chi connectivity index (χ0) is 33.2. The van der Waals surface area contributed by atoms with Crippen molar-refractivity contribution in [2.75, 3.05) is 20.3 Å². The van der Waals surface area contributed by atoms with Crippen LogP contribution >= 0.6 is 0 Å². The summed E-state index contributed by atoms with van der Waals surface area (Å²) in [5.74, 6) is 0.0170. The van der Waals surface area contributed by atoms with Crippen molar-refractivity contribution in [1.29, 1.82) is 0 Å². The molecule has 3 saturated carbocycles. The molecule has 2 N–H and O–H groups in total. The van der Waals surface area contributed by atoms with Crippen molar-refractivity contribution in [1.82, 2.24) is 15.5 Å². The van der Waals surface area contributed by atoms with Gasteiger partial charge in [-0.1, -0.05) is 74.5 Å². The summed E-state index contributed by atoms with van der Waals surface area (Å²) in [5.41, 5.74) is 1.54. The number of amides is 3. The molecule has 2 aliphatic heterocycles. The first-order chi connectivity index (χ1) is 22.6. The Morgan fingerprint density at radius 2 is 1.70 bits per heavy atom. The highest BCUT2D eigenvalue weighted by Gasteiger charge is 2.68. The molecular weight excluding hydrogens is 597 g/mol. The van der Waals surface area contributed by atoms with Crippen LogP contribution in [0.4, 0.5) is 4.79 Å². The Kier molecular flexibility index (Phi) is 9.97. The third-order valence-corrected chi connectivity index (χ3v) is 11.2. The average Bonchev–Trinajstić information content (AvgIpc) is 3.70. The van der Waals surface area contributed by atoms with E-state index in [9.17, 15) is 14.4 Å². The van der Waals surface area contributed by atoms with Crippen molar-refractivity contribution in [3.05, 3.63) is 71.8 Å². The van der Waals surface area contributed by atoms with Gasteiger partial charge in [-0.2, -0.15) is 0 Å². The second-order valence-corrected chi connectivity index (χ2v) is 14.4. The summed E-state index contributed by atoms with van der Waals surface area (Å²) in [6.07, 6.45) is 3.38. The molecule has 5 fully saturated rings. The van der Waals surface area contributed by atoms with Crippen LogP contribution in [0, 0.1) is 17.3 Å². The molecule has 3 aliphatic carbocycles. The molecule has 3 amide bonds. The number of methoxy groups -OCH3 is 1. The minimum atomic E-state index is -0.905. The van der Waals surface area contributed by atoms with Crippen molar-refractivity contribution in [3.8, 4) is 0 Å². The van der Waals surface area contributed by atoms with Gasteiger partial charge in [0.2, 0.25) is 11.8 Å². The molecule has 2 aromatic rings. The number of hydrogen-bond acceptors (Lipinski definition) is 7. The Morgan fingerprint density at radius 3 is 2.38 bits per heavy atom. The van der Waals surface area contributed by atoms with E-state index < -0.39 is 36.8 Å². The molecule has 7 atom stereocenters. The molecule has 2 saturated heterocycles. The summed E-state index contributed by atoms with van der Waals surface area (Å²) in [4.78, 5) is 42.6. The molecule has 0 radical (unpaired) electrons. The summed E-state index contributed by atoms with van der Waals surface area (Å²) in [5, 5.41) is 5.98. The number of carbonyl (C=O) groups excluding carboxylic acids is 3. The summed E-state index contributed by atoms with van der Waals surface area (Å²) in [6, 6.07) is 17.3. The molecule has 2 aromatic carbocycles. The van der Waals surface area contributed by atoms with Gasteiger partial charge in [0.05, 0.1) is 17.6 Å². The second kappa shape index (κ2) is 14.0. The van der Waals surface area contributed by atoms with Gasteiger partial charge >= 0.3 is 13.2 Å². The Labute approximate surface area is 278 Å². The largest absolute Gasteiger partial charge is 0.481 e. The molecule has 0 aromatic heterocycles. The molecule has 2 heterocycles. The number of nitrogens with zero attached hydrogens (tertiary/aromatic N) is 1. The lowest BCUT2D eigenvalue weighted by Crippen LogP contribution is -2.65. The predicted molar refractivity (Wildman–Crippen MR) is 177 cm³/mol. The van der Waals surface area contributed by atoms with E-state index in [2.05, 4.69) is 31.4 Å². The Morgan fingerprint density at radius 1 is 1.00 bits per heavy atom. The molecule has 5 aliphatic rings. The van der Waals surface area contributed by atoms with Crippen molar-refractivity contribution >= 4 is 25.0 Å². The van der Waals surface area contributed by atoms with E-state index in [1.807, 2.05) is 60.7 Å². The summed E-state index contributed by atoms with van der Waals surface area (Å²) < 4.78 is 24.1. The van der Waals surface area contributed by atoms with Crippen LogP contribution in [0.25, 0.3) is 0 Å². The highest BCUT2D eigenvalue weighted by molar-refractivity contribution is 6.48. The van der Waals surface area contributed by atoms with E-state index in [4.69, 9.17) is 18.8 Å². The first-order valence-corrected chi connectivity index (χ1v) is 17.0. The highest BCUT2D eigenvalue weighted by atomic mass is 16.7.